The van der Waals surface area contributed by atoms with Crippen LogP contribution in [-0.4, -0.2) is 26.1 Å². The highest BCUT2D eigenvalue weighted by Gasteiger charge is 2.16. The maximum absolute atomic E-state index is 11.4. The van der Waals surface area contributed by atoms with E-state index < -0.39 is 6.04 Å². The first-order valence-electron chi connectivity index (χ1n) is 5.29. The molecule has 0 aliphatic heterocycles. The molecule has 0 aromatic heterocycles. The Morgan fingerprint density at radius 1 is 1.59 bits per heavy atom. The van der Waals surface area contributed by atoms with Crippen LogP contribution in [0.4, 0.5) is 0 Å². The fraction of sp³-hybridized carbons (Fsp3) is 0.417. The molecule has 0 fully saturated rings. The summed E-state index contributed by atoms with van der Waals surface area (Å²) in [5, 5.41) is 3.13. The molecule has 0 aliphatic rings. The van der Waals surface area contributed by atoms with Crippen LogP contribution in [0.1, 0.15) is 11.1 Å². The Labute approximate surface area is 106 Å². The lowest BCUT2D eigenvalue weighted by Gasteiger charge is -2.15. The number of amides is 1. The maximum atomic E-state index is 11.4. The predicted octanol–water partition coefficient (Wildman–Crippen LogP) is 1.27. The van der Waals surface area contributed by atoms with Crippen molar-refractivity contribution in [1.82, 2.24) is 5.32 Å². The molecule has 4 nitrogen and oxygen atoms in total. The number of ether oxygens (including phenoxy) is 1. The van der Waals surface area contributed by atoms with Gasteiger partial charge in [0, 0.05) is 18.5 Å². The van der Waals surface area contributed by atoms with Gasteiger partial charge in [0.05, 0.1) is 13.2 Å². The molecule has 94 valence electrons. The Balaban J connectivity index is 3.01. The van der Waals surface area contributed by atoms with Gasteiger partial charge in [0.25, 0.3) is 0 Å². The highest BCUT2D eigenvalue weighted by atomic mass is 35.5. The van der Waals surface area contributed by atoms with Gasteiger partial charge < -0.3 is 15.8 Å². The summed E-state index contributed by atoms with van der Waals surface area (Å²) >= 11 is 5.98. The largest absolute Gasteiger partial charge is 0.496 e. The molecule has 0 radical (unpaired) electrons. The van der Waals surface area contributed by atoms with Crippen molar-refractivity contribution >= 4 is 17.5 Å². The normalized spacial score (nSPS) is 12.1. The number of benzene rings is 1. The summed E-state index contributed by atoms with van der Waals surface area (Å²) in [4.78, 5) is 11.4. The minimum Gasteiger partial charge on any atom is -0.496 e. The quantitative estimate of drug-likeness (QED) is 0.853. The lowest BCUT2D eigenvalue weighted by molar-refractivity contribution is -0.121. The van der Waals surface area contributed by atoms with Crippen LogP contribution in [0, 0.1) is 6.92 Å². The van der Waals surface area contributed by atoms with Crippen molar-refractivity contribution in [2.75, 3.05) is 14.2 Å². The van der Waals surface area contributed by atoms with Gasteiger partial charge in [-0.15, -0.1) is 0 Å². The van der Waals surface area contributed by atoms with Crippen molar-refractivity contribution < 1.29 is 9.53 Å². The molecule has 1 aromatic rings. The summed E-state index contributed by atoms with van der Waals surface area (Å²) in [5.74, 6) is 0.526. The third-order valence-electron chi connectivity index (χ3n) is 2.54. The molecule has 0 saturated carbocycles. The third-order valence-corrected chi connectivity index (χ3v) is 2.76. The Morgan fingerprint density at radius 2 is 2.24 bits per heavy atom. The van der Waals surface area contributed by atoms with Gasteiger partial charge in [-0.25, -0.2) is 0 Å². The first-order chi connectivity index (χ1) is 7.99. The molecule has 0 spiro atoms. The number of halogens is 1. The zero-order chi connectivity index (χ0) is 13.0. The molecule has 17 heavy (non-hydrogen) atoms. The molecule has 0 heterocycles. The fourth-order valence-electron chi connectivity index (χ4n) is 1.76. The first-order valence-corrected chi connectivity index (χ1v) is 5.67. The summed E-state index contributed by atoms with van der Waals surface area (Å²) in [6.07, 6.45) is 0.393. The molecule has 5 heteroatoms. The van der Waals surface area contributed by atoms with Crippen molar-refractivity contribution in [2.24, 2.45) is 5.73 Å². The smallest absolute Gasteiger partial charge is 0.237 e. The van der Waals surface area contributed by atoms with E-state index in [9.17, 15) is 4.79 Å². The molecule has 1 rings (SSSR count). The number of rotatable bonds is 4. The molecule has 1 unspecified atom stereocenters. The summed E-state index contributed by atoms with van der Waals surface area (Å²) in [7, 11) is 3.15. The number of aryl methyl sites for hydroxylation is 1. The molecule has 1 amide bonds. The van der Waals surface area contributed by atoms with E-state index in [1.165, 1.54) is 0 Å². The number of hydrogen-bond acceptors (Lipinski definition) is 3. The van der Waals surface area contributed by atoms with Crippen molar-refractivity contribution in [3.05, 3.63) is 28.3 Å². The molecule has 0 bridgehead atoms. The average molecular weight is 257 g/mol. The molecule has 1 atom stereocenters. The highest BCUT2D eigenvalue weighted by molar-refractivity contribution is 6.30. The van der Waals surface area contributed by atoms with E-state index in [0.717, 1.165) is 16.9 Å². The Morgan fingerprint density at radius 3 is 2.76 bits per heavy atom. The number of nitrogens with two attached hydrogens (primary N) is 1. The van der Waals surface area contributed by atoms with Crippen LogP contribution >= 0.6 is 11.6 Å². The van der Waals surface area contributed by atoms with Gasteiger partial charge >= 0.3 is 0 Å². The van der Waals surface area contributed by atoms with Gasteiger partial charge in [0.15, 0.2) is 0 Å². The zero-order valence-electron chi connectivity index (χ0n) is 10.2. The standard InChI is InChI=1S/C12H17ClN2O2/c1-7-4-9(13)5-8(11(7)17-3)6-10(14)12(16)15-2/h4-5,10H,6,14H2,1-3H3,(H,15,16). The Bertz CT molecular complexity index is 421. The molecule has 0 saturated heterocycles. The van der Waals surface area contributed by atoms with E-state index in [0.29, 0.717) is 11.4 Å². The molecular weight excluding hydrogens is 240 g/mol. The number of methoxy groups -OCH3 is 1. The van der Waals surface area contributed by atoms with E-state index in [1.807, 2.05) is 13.0 Å². The van der Waals surface area contributed by atoms with Gasteiger partial charge in [0.2, 0.25) is 5.91 Å². The number of carbonyl (C=O) groups excluding carboxylic acids is 1. The van der Waals surface area contributed by atoms with Crippen LogP contribution in [0.5, 0.6) is 5.75 Å². The fourth-order valence-corrected chi connectivity index (χ4v) is 2.05. The van der Waals surface area contributed by atoms with Crippen molar-refractivity contribution in [1.29, 1.82) is 0 Å². The number of nitrogens with one attached hydrogen (secondary N) is 1. The van der Waals surface area contributed by atoms with E-state index in [2.05, 4.69) is 5.32 Å². The minimum absolute atomic E-state index is 0.204. The second-order valence-electron chi connectivity index (χ2n) is 3.84. The average Bonchev–Trinajstić information content (AvgIpc) is 2.27. The summed E-state index contributed by atoms with van der Waals surface area (Å²) in [5.41, 5.74) is 7.54. The molecule has 1 aromatic carbocycles. The Hall–Kier alpha value is -1.26. The Kier molecular flexibility index (Phi) is 4.78. The van der Waals surface area contributed by atoms with Crippen LogP contribution < -0.4 is 15.8 Å². The van der Waals surface area contributed by atoms with E-state index in [4.69, 9.17) is 22.1 Å². The molecule has 3 N–H and O–H groups in total. The summed E-state index contributed by atoms with van der Waals surface area (Å²) < 4.78 is 5.30. The van der Waals surface area contributed by atoms with E-state index in [-0.39, 0.29) is 5.91 Å². The SMILES string of the molecule is CNC(=O)C(N)Cc1cc(Cl)cc(C)c1OC. The van der Waals surface area contributed by atoms with Crippen LogP contribution in [0.25, 0.3) is 0 Å². The third kappa shape index (κ3) is 3.35. The zero-order valence-corrected chi connectivity index (χ0v) is 11.0. The van der Waals surface area contributed by atoms with Crippen LogP contribution in [0.15, 0.2) is 12.1 Å². The molecule has 0 aliphatic carbocycles. The lowest BCUT2D eigenvalue weighted by Crippen LogP contribution is -2.40. The van der Waals surface area contributed by atoms with Gasteiger partial charge in [0.1, 0.15) is 5.75 Å². The van der Waals surface area contributed by atoms with Crippen molar-refractivity contribution in [2.45, 2.75) is 19.4 Å². The number of carbonyl (C=O) groups is 1. The first kappa shape index (κ1) is 13.8. The molecular formula is C12H17ClN2O2. The predicted molar refractivity (Wildman–Crippen MR) is 68.5 cm³/mol. The lowest BCUT2D eigenvalue weighted by atomic mass is 10.0. The minimum atomic E-state index is -0.605. The van der Waals surface area contributed by atoms with E-state index >= 15 is 0 Å². The van der Waals surface area contributed by atoms with Gasteiger partial charge in [-0.3, -0.25) is 4.79 Å². The summed E-state index contributed by atoms with van der Waals surface area (Å²) in [6, 6.07) is 2.98. The van der Waals surface area contributed by atoms with Crippen LogP contribution in [0.3, 0.4) is 0 Å². The second-order valence-corrected chi connectivity index (χ2v) is 4.28. The monoisotopic (exact) mass is 256 g/mol. The maximum Gasteiger partial charge on any atom is 0.237 e. The van der Waals surface area contributed by atoms with Crippen molar-refractivity contribution in [3.8, 4) is 5.75 Å². The summed E-state index contributed by atoms with van der Waals surface area (Å²) in [6.45, 7) is 1.90. The highest BCUT2D eigenvalue weighted by Crippen LogP contribution is 2.28. The van der Waals surface area contributed by atoms with Crippen molar-refractivity contribution in [3.63, 3.8) is 0 Å². The van der Waals surface area contributed by atoms with Gasteiger partial charge in [-0.2, -0.15) is 0 Å². The van der Waals surface area contributed by atoms with Gasteiger partial charge in [-0.05, 0) is 30.2 Å². The second kappa shape index (κ2) is 5.89. The van der Waals surface area contributed by atoms with E-state index in [1.54, 1.807) is 20.2 Å². The number of hydrogen-bond donors (Lipinski definition) is 2. The number of likely N-dealkylation sites (N-methyl/N-ethyl adjacent to an activating group) is 1. The topological polar surface area (TPSA) is 64.4 Å². The van der Waals surface area contributed by atoms with Crippen LogP contribution in [-0.2, 0) is 11.2 Å². The van der Waals surface area contributed by atoms with Gasteiger partial charge in [-0.1, -0.05) is 11.6 Å². The van der Waals surface area contributed by atoms with Crippen LogP contribution in [0.2, 0.25) is 5.02 Å².